The SMILES string of the molecule is CC[C@H](NC)C(=O)N[C@@H]1C(=O)N2C(CCC2C(=O)NC(c2ccccc2)c2ccccc2)CC[C@@H]1CNC(=O)COCC(=O)NCCOCCOCCOCCNC(=O)[C@@H](NC(=O)[C@@H]1CC[C@@H]2CC[C@H](CO)[C@H](NC(=O)[C@H](CC)NC)C(=O)N21)c1ccccc1. The average Bonchev–Trinajstić information content (AvgIpc) is 1.73. The lowest BCUT2D eigenvalue weighted by Gasteiger charge is -2.33. The van der Waals surface area contributed by atoms with Crippen molar-refractivity contribution in [2.75, 3.05) is 93.2 Å². The molecule has 0 bridgehead atoms. The summed E-state index contributed by atoms with van der Waals surface area (Å²) in [6.45, 7) is 4.26. The smallest absolute Gasteiger partial charge is 0.247 e. The highest BCUT2D eigenvalue weighted by Crippen LogP contribution is 2.36. The summed E-state index contributed by atoms with van der Waals surface area (Å²) in [6, 6.07) is 21.3. The molecular formula is C65H93N11O14. The lowest BCUT2D eigenvalue weighted by Crippen LogP contribution is -2.59. The molecule has 2 unspecified atom stereocenters. The van der Waals surface area contributed by atoms with Gasteiger partial charge in [0.05, 0.1) is 57.8 Å². The van der Waals surface area contributed by atoms with Gasteiger partial charge in [0.15, 0.2) is 0 Å². The predicted octanol–water partition coefficient (Wildman–Crippen LogP) is 0.662. The van der Waals surface area contributed by atoms with Crippen LogP contribution in [0.25, 0.3) is 0 Å². The Hall–Kier alpha value is -7.39. The Labute approximate surface area is 527 Å². The van der Waals surface area contributed by atoms with Gasteiger partial charge >= 0.3 is 0 Å². The standard InChI is InChI=1S/C65H93N11O14/c1-5-49(66-3)59(80)73-57-45(22-24-47-26-28-51(75(47)64(57)85)61(82)71-55(42-16-10-7-11-17-42)43-18-12-8-13-19-43)38-70-54(79)41-90-40-53(78)68-30-32-87-34-36-89-37-35-88-33-31-69-63(84)56(44-20-14-9-15-21-44)72-62(83)52-29-27-48-25-23-46(39-77)58(65(86)76(48)52)74-60(81)50(6-2)67-4/h7-21,45-52,55-58,66-67,77H,5-6,22-41H2,1-4H3,(H,68,78)(H,69,84)(H,70,79)(H,71,82)(H,72,83)(H,73,80)(H,74,81)/t45-,46-,47?,48+,49+,50+,51?,52+,56+,57+,58+/m1/s1. The number of nitrogens with one attached hydrogen (secondary N) is 9. The summed E-state index contributed by atoms with van der Waals surface area (Å²) < 4.78 is 22.2. The van der Waals surface area contributed by atoms with E-state index in [0.717, 1.165) is 11.1 Å². The van der Waals surface area contributed by atoms with E-state index in [0.29, 0.717) is 69.8 Å². The maximum Gasteiger partial charge on any atom is 0.247 e. The van der Waals surface area contributed by atoms with Crippen molar-refractivity contribution in [2.24, 2.45) is 11.8 Å². The second-order valence-electron chi connectivity index (χ2n) is 23.2. The number of likely N-dealkylation sites (N-methyl/N-ethyl adjacent to an activating group) is 2. The van der Waals surface area contributed by atoms with E-state index in [2.05, 4.69) is 47.9 Å². The van der Waals surface area contributed by atoms with Crippen LogP contribution in [0.15, 0.2) is 91.0 Å². The molecule has 0 saturated carbocycles. The van der Waals surface area contributed by atoms with E-state index in [1.54, 1.807) is 54.2 Å². The highest BCUT2D eigenvalue weighted by Gasteiger charge is 2.50. The number of ether oxygens (including phenoxy) is 4. The molecule has 10 N–H and O–H groups in total. The van der Waals surface area contributed by atoms with Gasteiger partial charge in [0, 0.05) is 50.2 Å². The molecule has 4 aliphatic heterocycles. The number of rotatable bonds is 35. The fourth-order valence-corrected chi connectivity index (χ4v) is 12.5. The van der Waals surface area contributed by atoms with Gasteiger partial charge in [0.2, 0.25) is 53.2 Å². The molecule has 492 valence electrons. The zero-order chi connectivity index (χ0) is 64.4. The number of carbonyl (C=O) groups is 9. The quantitative estimate of drug-likeness (QED) is 0.0362. The van der Waals surface area contributed by atoms with Crippen molar-refractivity contribution >= 4 is 53.2 Å². The summed E-state index contributed by atoms with van der Waals surface area (Å²) >= 11 is 0. The van der Waals surface area contributed by atoms with Crippen LogP contribution < -0.4 is 47.9 Å². The van der Waals surface area contributed by atoms with Gasteiger partial charge in [0.1, 0.15) is 43.4 Å². The summed E-state index contributed by atoms with van der Waals surface area (Å²) in [5, 5.41) is 36.4. The summed E-state index contributed by atoms with van der Waals surface area (Å²) in [4.78, 5) is 126. The van der Waals surface area contributed by atoms with Gasteiger partial charge in [-0.1, -0.05) is 105 Å². The van der Waals surface area contributed by atoms with Crippen LogP contribution in [-0.2, 0) is 62.1 Å². The minimum Gasteiger partial charge on any atom is -0.396 e. The second-order valence-corrected chi connectivity index (χ2v) is 23.2. The highest BCUT2D eigenvalue weighted by molar-refractivity contribution is 5.97. The first-order valence-corrected chi connectivity index (χ1v) is 31.8. The molecule has 4 fully saturated rings. The Kier molecular flexibility index (Phi) is 28.4. The van der Waals surface area contributed by atoms with E-state index in [9.17, 15) is 48.3 Å². The number of hydrogen-bond acceptors (Lipinski definition) is 16. The van der Waals surface area contributed by atoms with E-state index < -0.39 is 96.3 Å². The molecule has 0 radical (unpaired) electrons. The number of aliphatic hydroxyl groups excluding tert-OH is 1. The topological polar surface area (TPSA) is 326 Å². The van der Waals surface area contributed by atoms with Gasteiger partial charge in [-0.05, 0) is 95.0 Å². The molecule has 0 aromatic heterocycles. The molecule has 25 nitrogen and oxygen atoms in total. The van der Waals surface area contributed by atoms with E-state index in [1.165, 1.54) is 0 Å². The van der Waals surface area contributed by atoms with Crippen molar-refractivity contribution in [3.63, 3.8) is 0 Å². The normalized spacial score (nSPS) is 22.4. The maximum absolute atomic E-state index is 14.7. The van der Waals surface area contributed by atoms with Crippen LogP contribution >= 0.6 is 0 Å². The average molecular weight is 1250 g/mol. The number of nitrogens with zero attached hydrogens (tertiary/aromatic N) is 2. The predicted molar refractivity (Wildman–Crippen MR) is 332 cm³/mol. The van der Waals surface area contributed by atoms with Crippen molar-refractivity contribution in [3.8, 4) is 0 Å². The fourth-order valence-electron chi connectivity index (χ4n) is 12.5. The molecule has 11 atom stereocenters. The number of hydrogen-bond donors (Lipinski definition) is 10. The van der Waals surface area contributed by atoms with E-state index >= 15 is 0 Å². The summed E-state index contributed by atoms with van der Waals surface area (Å²) in [5.41, 5.74) is 2.34. The Bertz CT molecular complexity index is 2760. The lowest BCUT2D eigenvalue weighted by atomic mass is 9.92. The van der Waals surface area contributed by atoms with E-state index in [4.69, 9.17) is 18.9 Å². The van der Waals surface area contributed by atoms with Crippen LogP contribution in [0, 0.1) is 11.8 Å². The van der Waals surface area contributed by atoms with Gasteiger partial charge < -0.3 is 81.7 Å². The molecular weight excluding hydrogens is 1160 g/mol. The van der Waals surface area contributed by atoms with Crippen molar-refractivity contribution in [3.05, 3.63) is 108 Å². The molecule has 4 aliphatic rings. The zero-order valence-corrected chi connectivity index (χ0v) is 52.3. The molecule has 4 saturated heterocycles. The Morgan fingerprint density at radius 2 is 0.922 bits per heavy atom. The number of aliphatic hydroxyl groups is 1. The van der Waals surface area contributed by atoms with Crippen LogP contribution in [0.1, 0.15) is 107 Å². The third-order valence-electron chi connectivity index (χ3n) is 17.4. The third-order valence-corrected chi connectivity index (χ3v) is 17.4. The number of fused-ring (bicyclic) bond motifs is 2. The zero-order valence-electron chi connectivity index (χ0n) is 52.3. The Morgan fingerprint density at radius 3 is 1.40 bits per heavy atom. The van der Waals surface area contributed by atoms with Gasteiger partial charge in [-0.2, -0.15) is 0 Å². The molecule has 0 spiro atoms. The lowest BCUT2D eigenvalue weighted by molar-refractivity contribution is -0.144. The van der Waals surface area contributed by atoms with Crippen LogP contribution in [0.3, 0.4) is 0 Å². The third kappa shape index (κ3) is 19.6. The van der Waals surface area contributed by atoms with Crippen molar-refractivity contribution < 1.29 is 67.2 Å². The van der Waals surface area contributed by atoms with Gasteiger partial charge in [-0.25, -0.2) is 0 Å². The summed E-state index contributed by atoms with van der Waals surface area (Å²) in [6.07, 6.45) is 5.10. The van der Waals surface area contributed by atoms with E-state index in [-0.39, 0.29) is 108 Å². The minimum absolute atomic E-state index is 0.0444. The van der Waals surface area contributed by atoms with Crippen molar-refractivity contribution in [1.29, 1.82) is 0 Å². The fraction of sp³-hybridized carbons (Fsp3) is 0.585. The monoisotopic (exact) mass is 1250 g/mol. The molecule has 9 amide bonds. The van der Waals surface area contributed by atoms with Gasteiger partial charge in [0.25, 0.3) is 0 Å². The summed E-state index contributed by atoms with van der Waals surface area (Å²) in [7, 11) is 3.33. The molecule has 3 aromatic rings. The van der Waals surface area contributed by atoms with Crippen molar-refractivity contribution in [1.82, 2.24) is 57.7 Å². The first-order chi connectivity index (χ1) is 43.7. The number of carbonyl (C=O) groups excluding carboxylic acids is 9. The Balaban J connectivity index is 0.761. The minimum atomic E-state index is -1.07. The second kappa shape index (κ2) is 36.5. The summed E-state index contributed by atoms with van der Waals surface area (Å²) in [5.74, 6) is -4.74. The molecule has 0 aliphatic carbocycles. The number of benzene rings is 3. The van der Waals surface area contributed by atoms with Crippen LogP contribution in [0.5, 0.6) is 0 Å². The van der Waals surface area contributed by atoms with Crippen LogP contribution in [0.4, 0.5) is 0 Å². The Morgan fingerprint density at radius 1 is 0.500 bits per heavy atom. The largest absolute Gasteiger partial charge is 0.396 e. The first kappa shape index (κ1) is 70.1. The van der Waals surface area contributed by atoms with Crippen LogP contribution in [-0.4, -0.2) is 210 Å². The van der Waals surface area contributed by atoms with E-state index in [1.807, 2.05) is 74.5 Å². The highest BCUT2D eigenvalue weighted by atomic mass is 16.5. The first-order valence-electron chi connectivity index (χ1n) is 31.8. The molecule has 7 rings (SSSR count). The molecule has 25 heteroatoms. The molecule has 4 heterocycles. The molecule has 90 heavy (non-hydrogen) atoms. The number of amides is 9. The maximum atomic E-state index is 14.7. The van der Waals surface area contributed by atoms with Gasteiger partial charge in [-0.3, -0.25) is 43.2 Å². The van der Waals surface area contributed by atoms with Crippen LogP contribution in [0.2, 0.25) is 0 Å². The van der Waals surface area contributed by atoms with Crippen molar-refractivity contribution in [2.45, 2.75) is 138 Å². The van der Waals surface area contributed by atoms with Gasteiger partial charge in [-0.15, -0.1) is 0 Å². The molecule has 3 aromatic carbocycles.